The van der Waals surface area contributed by atoms with Gasteiger partial charge in [0.2, 0.25) is 0 Å². The summed E-state index contributed by atoms with van der Waals surface area (Å²) in [5, 5.41) is 15.9. The average molecular weight is 423 g/mol. The van der Waals surface area contributed by atoms with E-state index in [1.54, 1.807) is 7.11 Å². The number of benzene rings is 2. The van der Waals surface area contributed by atoms with Gasteiger partial charge in [0.15, 0.2) is 0 Å². The highest BCUT2D eigenvalue weighted by atomic mass is 35.5. The van der Waals surface area contributed by atoms with Crippen LogP contribution in [0.4, 0.5) is 0 Å². The van der Waals surface area contributed by atoms with Crippen molar-refractivity contribution in [3.05, 3.63) is 75.4 Å². The SMILES string of the molecule is COCC1NC(Cl)=C(c2cc(C(=O)N3CC(c4ccc(C#N)cc4)C3)ccc2C)N1. The van der Waals surface area contributed by atoms with Crippen molar-refractivity contribution < 1.29 is 9.53 Å². The molecule has 0 radical (unpaired) electrons. The third-order valence-electron chi connectivity index (χ3n) is 5.61. The zero-order chi connectivity index (χ0) is 21.3. The third kappa shape index (κ3) is 3.87. The largest absolute Gasteiger partial charge is 0.381 e. The predicted molar refractivity (Wildman–Crippen MR) is 116 cm³/mol. The Morgan fingerprint density at radius 2 is 1.97 bits per heavy atom. The number of ether oxygens (including phenoxy) is 1. The van der Waals surface area contributed by atoms with Crippen LogP contribution in [0, 0.1) is 18.3 Å². The Kier molecular flexibility index (Phi) is 5.67. The number of hydrogen-bond donors (Lipinski definition) is 2. The van der Waals surface area contributed by atoms with Gasteiger partial charge < -0.3 is 20.3 Å². The summed E-state index contributed by atoms with van der Waals surface area (Å²) in [5.74, 6) is 0.316. The highest BCUT2D eigenvalue weighted by Crippen LogP contribution is 2.30. The first-order chi connectivity index (χ1) is 14.5. The van der Waals surface area contributed by atoms with Gasteiger partial charge in [-0.15, -0.1) is 0 Å². The Hall–Kier alpha value is -3.01. The second-order valence-electron chi connectivity index (χ2n) is 7.66. The molecule has 7 heteroatoms. The molecule has 6 nitrogen and oxygen atoms in total. The summed E-state index contributed by atoms with van der Waals surface area (Å²) in [6, 6.07) is 15.4. The van der Waals surface area contributed by atoms with E-state index in [0.717, 1.165) is 22.4 Å². The monoisotopic (exact) mass is 422 g/mol. The minimum Gasteiger partial charge on any atom is -0.381 e. The molecule has 1 unspecified atom stereocenters. The quantitative estimate of drug-likeness (QED) is 0.724. The molecular formula is C23H23ClN4O2. The number of likely N-dealkylation sites (tertiary alicyclic amines) is 1. The highest BCUT2D eigenvalue weighted by Gasteiger charge is 2.33. The van der Waals surface area contributed by atoms with Crippen molar-refractivity contribution in [1.82, 2.24) is 15.5 Å². The van der Waals surface area contributed by atoms with Gasteiger partial charge in [-0.2, -0.15) is 5.26 Å². The molecular weight excluding hydrogens is 400 g/mol. The van der Waals surface area contributed by atoms with Gasteiger partial charge >= 0.3 is 0 Å². The van der Waals surface area contributed by atoms with E-state index in [-0.39, 0.29) is 12.1 Å². The summed E-state index contributed by atoms with van der Waals surface area (Å²) in [4.78, 5) is 14.9. The number of aryl methyl sites for hydroxylation is 1. The number of nitrogens with zero attached hydrogens (tertiary/aromatic N) is 2. The maximum atomic E-state index is 13.0. The first kappa shape index (κ1) is 20.3. The lowest BCUT2D eigenvalue weighted by Gasteiger charge is -2.39. The first-order valence-electron chi connectivity index (χ1n) is 9.82. The molecule has 4 rings (SSSR count). The molecule has 0 aliphatic carbocycles. The van der Waals surface area contributed by atoms with Crippen LogP contribution in [0.5, 0.6) is 0 Å². The lowest BCUT2D eigenvalue weighted by Crippen LogP contribution is -2.48. The van der Waals surface area contributed by atoms with Crippen molar-refractivity contribution in [3.63, 3.8) is 0 Å². The Bertz CT molecular complexity index is 1040. The molecule has 1 atom stereocenters. The minimum atomic E-state index is -0.0974. The zero-order valence-electron chi connectivity index (χ0n) is 16.9. The molecule has 0 saturated carbocycles. The van der Waals surface area contributed by atoms with E-state index >= 15 is 0 Å². The number of carbonyl (C=O) groups is 1. The fourth-order valence-corrected chi connectivity index (χ4v) is 4.12. The third-order valence-corrected chi connectivity index (χ3v) is 5.90. The van der Waals surface area contributed by atoms with E-state index in [4.69, 9.17) is 21.6 Å². The van der Waals surface area contributed by atoms with Crippen molar-refractivity contribution in [2.75, 3.05) is 26.8 Å². The van der Waals surface area contributed by atoms with Gasteiger partial charge in [0, 0.05) is 37.2 Å². The van der Waals surface area contributed by atoms with Gasteiger partial charge in [0.05, 0.1) is 23.9 Å². The summed E-state index contributed by atoms with van der Waals surface area (Å²) in [5.41, 5.74) is 5.17. The molecule has 0 bridgehead atoms. The minimum absolute atomic E-state index is 0.0114. The van der Waals surface area contributed by atoms with Crippen molar-refractivity contribution in [1.29, 1.82) is 5.26 Å². The topological polar surface area (TPSA) is 77.4 Å². The molecule has 1 amide bonds. The van der Waals surface area contributed by atoms with Crippen LogP contribution in [0.3, 0.4) is 0 Å². The van der Waals surface area contributed by atoms with Crippen molar-refractivity contribution in [3.8, 4) is 6.07 Å². The van der Waals surface area contributed by atoms with Gasteiger partial charge in [-0.3, -0.25) is 4.79 Å². The molecule has 1 fully saturated rings. The number of methoxy groups -OCH3 is 1. The molecule has 2 aliphatic heterocycles. The normalized spacial score (nSPS) is 18.5. The summed E-state index contributed by atoms with van der Waals surface area (Å²) in [6.07, 6.45) is -0.0974. The van der Waals surface area contributed by atoms with Crippen molar-refractivity contribution in [2.24, 2.45) is 0 Å². The summed E-state index contributed by atoms with van der Waals surface area (Å²) in [7, 11) is 1.64. The van der Waals surface area contributed by atoms with Gasteiger partial charge in [-0.1, -0.05) is 29.8 Å². The second kappa shape index (κ2) is 8.39. The van der Waals surface area contributed by atoms with Crippen molar-refractivity contribution >= 4 is 23.2 Å². The predicted octanol–water partition coefficient (Wildman–Crippen LogP) is 3.14. The fraction of sp³-hybridized carbons (Fsp3) is 0.304. The number of carbonyl (C=O) groups excluding carboxylic acids is 1. The molecule has 2 aromatic carbocycles. The maximum Gasteiger partial charge on any atom is 0.253 e. The van der Waals surface area contributed by atoms with E-state index in [1.807, 2.05) is 54.3 Å². The highest BCUT2D eigenvalue weighted by molar-refractivity contribution is 6.32. The number of halogens is 1. The molecule has 30 heavy (non-hydrogen) atoms. The number of amides is 1. The molecule has 2 aliphatic rings. The van der Waals surface area contributed by atoms with Crippen LogP contribution in [-0.4, -0.2) is 43.8 Å². The van der Waals surface area contributed by atoms with Gasteiger partial charge in [0.1, 0.15) is 11.3 Å². The Labute approximate surface area is 181 Å². The summed E-state index contributed by atoms with van der Waals surface area (Å²) >= 11 is 6.39. The fourth-order valence-electron chi connectivity index (χ4n) is 3.84. The summed E-state index contributed by atoms with van der Waals surface area (Å²) < 4.78 is 5.18. The lowest BCUT2D eigenvalue weighted by molar-refractivity contribution is 0.0602. The molecule has 0 aromatic heterocycles. The molecule has 2 heterocycles. The number of nitrogens with one attached hydrogen (secondary N) is 2. The van der Waals surface area contributed by atoms with E-state index in [9.17, 15) is 4.79 Å². The van der Waals surface area contributed by atoms with Crippen molar-refractivity contribution in [2.45, 2.75) is 19.0 Å². The van der Waals surface area contributed by atoms with Gasteiger partial charge in [-0.05, 0) is 42.3 Å². The molecule has 154 valence electrons. The molecule has 2 aromatic rings. The number of hydrogen-bond acceptors (Lipinski definition) is 5. The van der Waals surface area contributed by atoms with Crippen LogP contribution in [0.2, 0.25) is 0 Å². The second-order valence-corrected chi connectivity index (χ2v) is 8.03. The van der Waals surface area contributed by atoms with Crippen LogP contribution in [0.25, 0.3) is 5.70 Å². The van der Waals surface area contributed by atoms with E-state index < -0.39 is 0 Å². The van der Waals surface area contributed by atoms with E-state index in [0.29, 0.717) is 41.9 Å². The van der Waals surface area contributed by atoms with Gasteiger partial charge in [-0.25, -0.2) is 0 Å². The maximum absolute atomic E-state index is 13.0. The Morgan fingerprint density at radius 3 is 2.63 bits per heavy atom. The van der Waals surface area contributed by atoms with Gasteiger partial charge in [0.25, 0.3) is 5.91 Å². The molecule has 0 spiro atoms. The zero-order valence-corrected chi connectivity index (χ0v) is 17.7. The van der Waals surface area contributed by atoms with Crippen LogP contribution >= 0.6 is 11.6 Å². The Balaban J connectivity index is 1.46. The standard InChI is InChI=1S/C23H23ClN4O2/c1-14-3-6-17(9-19(14)21-22(24)27-20(26-21)13-30-2)23(29)28-11-18(12-28)16-7-4-15(10-25)5-8-16/h3-9,18,20,26-27H,11-13H2,1-2H3. The lowest BCUT2D eigenvalue weighted by atomic mass is 9.90. The number of rotatable bonds is 5. The Morgan fingerprint density at radius 1 is 1.23 bits per heavy atom. The van der Waals surface area contributed by atoms with E-state index in [2.05, 4.69) is 16.7 Å². The summed E-state index contributed by atoms with van der Waals surface area (Å²) in [6.45, 7) is 3.82. The first-order valence-corrected chi connectivity index (χ1v) is 10.2. The van der Waals surface area contributed by atoms with Crippen LogP contribution in [0.15, 0.2) is 47.6 Å². The molecule has 1 saturated heterocycles. The number of nitriles is 1. The smallest absolute Gasteiger partial charge is 0.253 e. The van der Waals surface area contributed by atoms with Crippen LogP contribution in [0.1, 0.15) is 38.5 Å². The van der Waals surface area contributed by atoms with Crippen LogP contribution in [-0.2, 0) is 4.74 Å². The molecule has 2 N–H and O–H groups in total. The average Bonchev–Trinajstić information content (AvgIpc) is 3.08. The van der Waals surface area contributed by atoms with E-state index in [1.165, 1.54) is 0 Å². The van der Waals surface area contributed by atoms with Crippen LogP contribution < -0.4 is 10.6 Å².